The van der Waals surface area contributed by atoms with E-state index in [4.69, 9.17) is 9.84 Å². The van der Waals surface area contributed by atoms with Crippen molar-refractivity contribution >= 4 is 22.7 Å². The highest BCUT2D eigenvalue weighted by Gasteiger charge is 2.30. The molecule has 0 aliphatic carbocycles. The first-order valence-electron chi connectivity index (χ1n) is 10.7. The third kappa shape index (κ3) is 5.25. The number of carboxylic acids is 1. The normalized spacial score (nSPS) is 11.4. The zero-order valence-corrected chi connectivity index (χ0v) is 18.5. The molecule has 0 fully saturated rings. The van der Waals surface area contributed by atoms with E-state index in [0.717, 1.165) is 12.1 Å². The highest BCUT2D eigenvalue weighted by molar-refractivity contribution is 5.98. The van der Waals surface area contributed by atoms with Crippen molar-refractivity contribution in [3.05, 3.63) is 106 Å². The Kier molecular flexibility index (Phi) is 6.57. The molecule has 184 valence electrons. The Hall–Kier alpha value is -4.53. The summed E-state index contributed by atoms with van der Waals surface area (Å²) in [5.41, 5.74) is 0.621. The fourth-order valence-electron chi connectivity index (χ4n) is 3.70. The third-order valence-electron chi connectivity index (χ3n) is 5.66. The summed E-state index contributed by atoms with van der Waals surface area (Å²) in [7, 11) is 0. The molecular formula is C27H19F3O6. The van der Waals surface area contributed by atoms with Crippen molar-refractivity contribution < 1.29 is 42.8 Å². The number of halogens is 3. The van der Waals surface area contributed by atoms with Crippen molar-refractivity contribution in [2.45, 2.75) is 19.2 Å². The lowest BCUT2D eigenvalue weighted by Gasteiger charge is -2.12. The molecule has 4 rings (SSSR count). The summed E-state index contributed by atoms with van der Waals surface area (Å²) < 4.78 is 43.3. The van der Waals surface area contributed by atoms with Crippen LogP contribution in [0.5, 0.6) is 11.5 Å². The number of fused-ring (bicyclic) bond motifs is 1. The number of phenolic OH excluding ortho intramolecular Hbond substituents is 2. The summed E-state index contributed by atoms with van der Waals surface area (Å²) in [6.45, 7) is -0.242. The number of ether oxygens (including phenoxy) is 1. The lowest BCUT2D eigenvalue weighted by molar-refractivity contribution is -0.137. The first kappa shape index (κ1) is 24.6. The van der Waals surface area contributed by atoms with Gasteiger partial charge < -0.3 is 20.1 Å². The Morgan fingerprint density at radius 2 is 1.42 bits per heavy atom. The van der Waals surface area contributed by atoms with Gasteiger partial charge in [0.25, 0.3) is 0 Å². The van der Waals surface area contributed by atoms with Crippen LogP contribution >= 0.6 is 0 Å². The van der Waals surface area contributed by atoms with Gasteiger partial charge >= 0.3 is 18.1 Å². The zero-order chi connectivity index (χ0) is 26.0. The standard InChI is InChI=1S/C27H19F3O6/c28-27(29,30)20-9-3-16(4-10-20)14-36-26(35)19-8-7-18-13-23(31)22(24(32)21(18)12-19)11-15-1-5-17(6-2-15)25(33)34/h1-10,12-13,31-32H,11,14H2,(H,33,34). The number of rotatable bonds is 6. The van der Waals surface area contributed by atoms with Gasteiger partial charge in [0.05, 0.1) is 16.7 Å². The highest BCUT2D eigenvalue weighted by atomic mass is 19.4. The van der Waals surface area contributed by atoms with Crippen molar-refractivity contribution in [2.75, 3.05) is 0 Å². The minimum Gasteiger partial charge on any atom is -0.507 e. The van der Waals surface area contributed by atoms with Gasteiger partial charge in [-0.15, -0.1) is 0 Å². The number of phenols is 2. The van der Waals surface area contributed by atoms with E-state index in [2.05, 4.69) is 0 Å². The Morgan fingerprint density at radius 3 is 2.03 bits per heavy atom. The topological polar surface area (TPSA) is 104 Å². The summed E-state index contributed by atoms with van der Waals surface area (Å²) in [5, 5.41) is 31.1. The van der Waals surface area contributed by atoms with Gasteiger partial charge in [-0.25, -0.2) is 9.59 Å². The molecule has 3 N–H and O–H groups in total. The number of hydrogen-bond donors (Lipinski definition) is 3. The number of aromatic hydroxyl groups is 2. The van der Waals surface area contributed by atoms with Crippen LogP contribution in [0.1, 0.15) is 43.0 Å². The minimum atomic E-state index is -4.46. The second-order valence-corrected chi connectivity index (χ2v) is 8.11. The largest absolute Gasteiger partial charge is 0.507 e. The maximum Gasteiger partial charge on any atom is 0.416 e. The van der Waals surface area contributed by atoms with Gasteiger partial charge in [0, 0.05) is 17.4 Å². The van der Waals surface area contributed by atoms with Crippen LogP contribution in [0.25, 0.3) is 10.8 Å². The van der Waals surface area contributed by atoms with E-state index >= 15 is 0 Å². The van der Waals surface area contributed by atoms with Crippen LogP contribution in [-0.2, 0) is 23.9 Å². The molecule has 0 spiro atoms. The van der Waals surface area contributed by atoms with Crippen molar-refractivity contribution in [3.63, 3.8) is 0 Å². The smallest absolute Gasteiger partial charge is 0.416 e. The summed E-state index contributed by atoms with van der Waals surface area (Å²) >= 11 is 0. The van der Waals surface area contributed by atoms with Gasteiger partial charge in [0.1, 0.15) is 18.1 Å². The van der Waals surface area contributed by atoms with E-state index in [0.29, 0.717) is 16.5 Å². The number of esters is 1. The molecule has 0 radical (unpaired) electrons. The van der Waals surface area contributed by atoms with Gasteiger partial charge in [-0.3, -0.25) is 0 Å². The molecule has 4 aromatic carbocycles. The molecule has 0 heterocycles. The first-order valence-corrected chi connectivity index (χ1v) is 10.7. The Bertz CT molecular complexity index is 1440. The number of aromatic carboxylic acids is 1. The number of carbonyl (C=O) groups is 2. The molecule has 0 saturated heterocycles. The van der Waals surface area contributed by atoms with Gasteiger partial charge in [-0.2, -0.15) is 13.2 Å². The SMILES string of the molecule is O=C(O)c1ccc(Cc2c(O)cc3ccc(C(=O)OCc4ccc(C(F)(F)F)cc4)cc3c2O)cc1. The van der Waals surface area contributed by atoms with E-state index < -0.39 is 23.7 Å². The molecule has 0 aliphatic rings. The summed E-state index contributed by atoms with van der Waals surface area (Å²) in [4.78, 5) is 23.6. The average Bonchev–Trinajstić information content (AvgIpc) is 2.85. The number of hydrogen-bond acceptors (Lipinski definition) is 5. The van der Waals surface area contributed by atoms with Crippen LogP contribution < -0.4 is 0 Å². The Labute approximate surface area is 202 Å². The number of alkyl halides is 3. The predicted molar refractivity (Wildman–Crippen MR) is 124 cm³/mol. The maximum atomic E-state index is 12.7. The van der Waals surface area contributed by atoms with Crippen LogP contribution in [0.15, 0.2) is 72.8 Å². The number of benzene rings is 4. The molecule has 0 atom stereocenters. The quantitative estimate of drug-likeness (QED) is 0.287. The lowest BCUT2D eigenvalue weighted by Crippen LogP contribution is -2.07. The molecule has 0 saturated carbocycles. The van der Waals surface area contributed by atoms with Gasteiger partial charge in [-0.1, -0.05) is 30.3 Å². The first-order chi connectivity index (χ1) is 17.0. The van der Waals surface area contributed by atoms with Crippen LogP contribution in [0, 0.1) is 0 Å². The fourth-order valence-corrected chi connectivity index (χ4v) is 3.70. The zero-order valence-electron chi connectivity index (χ0n) is 18.5. The molecular weight excluding hydrogens is 477 g/mol. The lowest BCUT2D eigenvalue weighted by atomic mass is 9.97. The molecule has 0 aliphatic heterocycles. The number of carboxylic acid groups (broad SMARTS) is 1. The summed E-state index contributed by atoms with van der Waals surface area (Å²) in [6, 6.07) is 16.0. The molecule has 0 unspecified atom stereocenters. The third-order valence-corrected chi connectivity index (χ3v) is 5.66. The molecule has 4 aromatic rings. The van der Waals surface area contributed by atoms with Gasteiger partial charge in [-0.05, 0) is 59.0 Å². The van der Waals surface area contributed by atoms with Gasteiger partial charge in [0.2, 0.25) is 0 Å². The molecule has 0 bridgehead atoms. The van der Waals surface area contributed by atoms with Crippen LogP contribution in [0.4, 0.5) is 13.2 Å². The second-order valence-electron chi connectivity index (χ2n) is 8.11. The molecule has 0 aromatic heterocycles. The second kappa shape index (κ2) is 9.61. The van der Waals surface area contributed by atoms with E-state index in [1.165, 1.54) is 48.5 Å². The predicted octanol–water partition coefficient (Wildman–Crippen LogP) is 5.92. The van der Waals surface area contributed by atoms with Crippen molar-refractivity contribution in [2.24, 2.45) is 0 Å². The Morgan fingerprint density at radius 1 is 0.806 bits per heavy atom. The van der Waals surface area contributed by atoms with Crippen molar-refractivity contribution in [1.82, 2.24) is 0 Å². The van der Waals surface area contributed by atoms with E-state index in [-0.39, 0.29) is 46.6 Å². The molecule has 6 nitrogen and oxygen atoms in total. The highest BCUT2D eigenvalue weighted by Crippen LogP contribution is 2.37. The monoisotopic (exact) mass is 496 g/mol. The maximum absolute atomic E-state index is 12.7. The van der Waals surface area contributed by atoms with E-state index in [1.807, 2.05) is 0 Å². The van der Waals surface area contributed by atoms with Crippen LogP contribution in [-0.4, -0.2) is 27.3 Å². The fraction of sp³-hybridized carbons (Fsp3) is 0.111. The average molecular weight is 496 g/mol. The van der Waals surface area contributed by atoms with E-state index in [1.54, 1.807) is 12.1 Å². The summed E-state index contributed by atoms with van der Waals surface area (Å²) in [6.07, 6.45) is -4.35. The van der Waals surface area contributed by atoms with Crippen LogP contribution in [0.3, 0.4) is 0 Å². The van der Waals surface area contributed by atoms with Crippen molar-refractivity contribution in [3.8, 4) is 11.5 Å². The van der Waals surface area contributed by atoms with E-state index in [9.17, 15) is 33.0 Å². The summed E-state index contributed by atoms with van der Waals surface area (Å²) in [5.74, 6) is -2.23. The Balaban J connectivity index is 1.54. The minimum absolute atomic E-state index is 0.102. The van der Waals surface area contributed by atoms with Crippen molar-refractivity contribution in [1.29, 1.82) is 0 Å². The number of carbonyl (C=O) groups excluding carboxylic acids is 1. The van der Waals surface area contributed by atoms with Crippen LogP contribution in [0.2, 0.25) is 0 Å². The molecule has 36 heavy (non-hydrogen) atoms. The van der Waals surface area contributed by atoms with Gasteiger partial charge in [0.15, 0.2) is 0 Å². The molecule has 0 amide bonds. The molecule has 9 heteroatoms.